The lowest BCUT2D eigenvalue weighted by molar-refractivity contribution is 0.187. The van der Waals surface area contributed by atoms with Crippen LogP contribution in [0.15, 0.2) is 18.2 Å². The van der Waals surface area contributed by atoms with Gasteiger partial charge >= 0.3 is 6.09 Å². The summed E-state index contributed by atoms with van der Waals surface area (Å²) in [5.74, 6) is 5.38. The zero-order chi connectivity index (χ0) is 12.0. The number of rotatable bonds is 1. The van der Waals surface area contributed by atoms with E-state index in [-0.39, 0.29) is 6.61 Å². The molecule has 0 unspecified atom stereocenters. The van der Waals surface area contributed by atoms with Crippen molar-refractivity contribution in [2.45, 2.75) is 6.92 Å². The Balaban J connectivity index is 2.86. The Morgan fingerprint density at radius 3 is 2.88 bits per heavy atom. The van der Waals surface area contributed by atoms with E-state index in [0.29, 0.717) is 5.69 Å². The first-order valence-corrected chi connectivity index (χ1v) is 4.72. The van der Waals surface area contributed by atoms with Gasteiger partial charge in [-0.05, 0) is 30.7 Å². The van der Waals surface area contributed by atoms with E-state index in [9.17, 15) is 4.79 Å². The minimum absolute atomic E-state index is 0.165. The fourth-order valence-electron chi connectivity index (χ4n) is 1.19. The van der Waals surface area contributed by atoms with Gasteiger partial charge < -0.3 is 9.84 Å². The van der Waals surface area contributed by atoms with E-state index >= 15 is 0 Å². The summed E-state index contributed by atoms with van der Waals surface area (Å²) in [5.41, 5.74) is 2.40. The topological polar surface area (TPSA) is 58.6 Å². The Morgan fingerprint density at radius 1 is 1.56 bits per heavy atom. The summed E-state index contributed by atoms with van der Waals surface area (Å²) in [6.45, 7) is 1.71. The van der Waals surface area contributed by atoms with Crippen LogP contribution in [0.2, 0.25) is 0 Å². The Kier molecular flexibility index (Phi) is 4.37. The molecule has 84 valence electrons. The molecule has 2 N–H and O–H groups in total. The van der Waals surface area contributed by atoms with Gasteiger partial charge in [-0.2, -0.15) is 0 Å². The third-order valence-electron chi connectivity index (χ3n) is 1.96. The average molecular weight is 219 g/mol. The second kappa shape index (κ2) is 5.79. The first kappa shape index (κ1) is 12.1. The van der Waals surface area contributed by atoms with Crippen LogP contribution in [-0.2, 0) is 4.74 Å². The molecule has 0 saturated carbocycles. The van der Waals surface area contributed by atoms with Crippen LogP contribution in [0.3, 0.4) is 0 Å². The van der Waals surface area contributed by atoms with E-state index < -0.39 is 6.09 Å². The third kappa shape index (κ3) is 3.30. The lowest BCUT2D eigenvalue weighted by Crippen LogP contribution is -2.10. The first-order valence-electron chi connectivity index (χ1n) is 4.72. The Morgan fingerprint density at radius 2 is 2.31 bits per heavy atom. The number of amides is 1. The number of benzene rings is 1. The maximum Gasteiger partial charge on any atom is 0.411 e. The monoisotopic (exact) mass is 219 g/mol. The second-order valence-electron chi connectivity index (χ2n) is 3.11. The molecule has 1 aromatic carbocycles. The maximum atomic E-state index is 11.0. The van der Waals surface area contributed by atoms with Crippen LogP contribution in [0.1, 0.15) is 11.1 Å². The molecule has 0 aromatic heterocycles. The number of carbonyl (C=O) groups excluding carboxylic acids is 1. The van der Waals surface area contributed by atoms with Crippen LogP contribution in [-0.4, -0.2) is 24.9 Å². The molecular formula is C12H13NO3. The normalized spacial score (nSPS) is 8.94. The smallest absolute Gasteiger partial charge is 0.411 e. The molecular weight excluding hydrogens is 206 g/mol. The number of methoxy groups -OCH3 is 1. The molecule has 0 aliphatic heterocycles. The molecule has 0 fully saturated rings. The minimum Gasteiger partial charge on any atom is -0.453 e. The predicted molar refractivity (Wildman–Crippen MR) is 61.2 cm³/mol. The summed E-state index contributed by atoms with van der Waals surface area (Å²) < 4.78 is 4.48. The van der Waals surface area contributed by atoms with Crippen molar-refractivity contribution in [3.05, 3.63) is 29.3 Å². The van der Waals surface area contributed by atoms with Crippen molar-refractivity contribution < 1.29 is 14.6 Å². The highest BCUT2D eigenvalue weighted by Crippen LogP contribution is 2.14. The van der Waals surface area contributed by atoms with E-state index in [1.165, 1.54) is 7.11 Å². The van der Waals surface area contributed by atoms with Crippen molar-refractivity contribution >= 4 is 11.8 Å². The molecule has 0 bridgehead atoms. The minimum atomic E-state index is -0.506. The van der Waals surface area contributed by atoms with E-state index in [0.717, 1.165) is 11.1 Å². The summed E-state index contributed by atoms with van der Waals surface area (Å²) >= 11 is 0. The lowest BCUT2D eigenvalue weighted by atomic mass is 10.1. The number of aliphatic hydroxyl groups is 1. The van der Waals surface area contributed by atoms with Crippen molar-refractivity contribution in [1.29, 1.82) is 0 Å². The molecule has 0 heterocycles. The fourth-order valence-corrected chi connectivity index (χ4v) is 1.19. The zero-order valence-corrected chi connectivity index (χ0v) is 9.20. The van der Waals surface area contributed by atoms with Gasteiger partial charge in [0.1, 0.15) is 6.61 Å². The number of nitrogens with one attached hydrogen (secondary N) is 1. The summed E-state index contributed by atoms with van der Waals surface area (Å²) in [6, 6.07) is 5.30. The van der Waals surface area contributed by atoms with Crippen LogP contribution in [0, 0.1) is 18.8 Å². The Labute approximate surface area is 94.2 Å². The van der Waals surface area contributed by atoms with Crippen molar-refractivity contribution in [3.63, 3.8) is 0 Å². The molecule has 4 nitrogen and oxygen atoms in total. The van der Waals surface area contributed by atoms with E-state index in [1.54, 1.807) is 18.2 Å². The van der Waals surface area contributed by atoms with Crippen molar-refractivity contribution in [1.82, 2.24) is 0 Å². The number of carbonyl (C=O) groups is 1. The van der Waals surface area contributed by atoms with Crippen LogP contribution in [0.4, 0.5) is 10.5 Å². The third-order valence-corrected chi connectivity index (χ3v) is 1.96. The van der Waals surface area contributed by atoms with E-state index in [1.807, 2.05) is 6.92 Å². The maximum absolute atomic E-state index is 11.0. The highest BCUT2D eigenvalue weighted by atomic mass is 16.5. The molecule has 0 aliphatic rings. The fraction of sp³-hybridized carbons (Fsp3) is 0.250. The largest absolute Gasteiger partial charge is 0.453 e. The van der Waals surface area contributed by atoms with E-state index in [4.69, 9.17) is 5.11 Å². The van der Waals surface area contributed by atoms with Gasteiger partial charge in [0.25, 0.3) is 0 Å². The average Bonchev–Trinajstić information content (AvgIpc) is 2.28. The summed E-state index contributed by atoms with van der Waals surface area (Å²) in [6.07, 6.45) is -0.506. The quantitative estimate of drug-likeness (QED) is 0.704. The van der Waals surface area contributed by atoms with Crippen molar-refractivity contribution in [2.24, 2.45) is 0 Å². The van der Waals surface area contributed by atoms with Gasteiger partial charge in [0, 0.05) is 11.3 Å². The summed E-state index contributed by atoms with van der Waals surface area (Å²) in [7, 11) is 1.31. The molecule has 0 aliphatic carbocycles. The first-order chi connectivity index (χ1) is 7.67. The molecule has 0 saturated heterocycles. The number of hydrogen-bond donors (Lipinski definition) is 2. The summed E-state index contributed by atoms with van der Waals surface area (Å²) in [4.78, 5) is 11.0. The van der Waals surface area contributed by atoms with Gasteiger partial charge in [-0.3, -0.25) is 5.32 Å². The SMILES string of the molecule is COC(=O)Nc1ccc(C#CCO)c(C)c1. The zero-order valence-electron chi connectivity index (χ0n) is 9.20. The van der Waals surface area contributed by atoms with Gasteiger partial charge in [0.2, 0.25) is 0 Å². The van der Waals surface area contributed by atoms with Crippen LogP contribution in [0.25, 0.3) is 0 Å². The number of ether oxygens (including phenoxy) is 1. The second-order valence-corrected chi connectivity index (χ2v) is 3.11. The van der Waals surface area contributed by atoms with Gasteiger partial charge in [0.15, 0.2) is 0 Å². The lowest BCUT2D eigenvalue weighted by Gasteiger charge is -2.05. The van der Waals surface area contributed by atoms with Gasteiger partial charge in [-0.25, -0.2) is 4.79 Å². The Hall–Kier alpha value is -1.99. The number of anilines is 1. The predicted octanol–water partition coefficient (Wildman–Crippen LogP) is 1.52. The summed E-state index contributed by atoms with van der Waals surface area (Å²) in [5, 5.41) is 11.1. The highest BCUT2D eigenvalue weighted by molar-refractivity contribution is 5.84. The van der Waals surface area contributed by atoms with Gasteiger partial charge in [-0.15, -0.1) is 0 Å². The molecule has 1 amide bonds. The molecule has 0 atom stereocenters. The molecule has 1 aromatic rings. The number of aliphatic hydroxyl groups excluding tert-OH is 1. The molecule has 16 heavy (non-hydrogen) atoms. The van der Waals surface area contributed by atoms with Crippen LogP contribution >= 0.6 is 0 Å². The van der Waals surface area contributed by atoms with Crippen molar-refractivity contribution in [2.75, 3.05) is 19.0 Å². The molecule has 0 spiro atoms. The molecule has 4 heteroatoms. The Bertz CT molecular complexity index is 443. The molecule has 1 rings (SSSR count). The standard InChI is InChI=1S/C12H13NO3/c1-9-8-11(13-12(15)16-2)6-5-10(9)4-3-7-14/h5-6,8,14H,7H2,1-2H3,(H,13,15). The number of hydrogen-bond acceptors (Lipinski definition) is 3. The van der Waals surface area contributed by atoms with E-state index in [2.05, 4.69) is 21.9 Å². The number of aryl methyl sites for hydroxylation is 1. The molecule has 0 radical (unpaired) electrons. The van der Waals surface area contributed by atoms with Crippen LogP contribution < -0.4 is 5.32 Å². The van der Waals surface area contributed by atoms with Gasteiger partial charge in [-0.1, -0.05) is 11.8 Å². The highest BCUT2D eigenvalue weighted by Gasteiger charge is 2.02. The van der Waals surface area contributed by atoms with Crippen LogP contribution in [0.5, 0.6) is 0 Å². The van der Waals surface area contributed by atoms with Crippen molar-refractivity contribution in [3.8, 4) is 11.8 Å². The van der Waals surface area contributed by atoms with Gasteiger partial charge in [0.05, 0.1) is 7.11 Å².